The number of ether oxygens (including phenoxy) is 1. The first kappa shape index (κ1) is 25.2. The van der Waals surface area contributed by atoms with Crippen LogP contribution in [0.15, 0.2) is 41.7 Å². The zero-order chi connectivity index (χ0) is 20.4. The predicted octanol–water partition coefficient (Wildman–Crippen LogP) is 2.83. The fourth-order valence-electron chi connectivity index (χ4n) is 2.70. The van der Waals surface area contributed by atoms with Crippen molar-refractivity contribution >= 4 is 29.9 Å². The summed E-state index contributed by atoms with van der Waals surface area (Å²) in [6, 6.07) is 8.18. The molecular formula is C21H34IN5O2. The molecule has 2 aromatic rings. The summed E-state index contributed by atoms with van der Waals surface area (Å²) in [6.45, 7) is 8.33. The van der Waals surface area contributed by atoms with Crippen LogP contribution in [0.3, 0.4) is 0 Å². The zero-order valence-corrected chi connectivity index (χ0v) is 20.1. The van der Waals surface area contributed by atoms with E-state index in [0.717, 1.165) is 43.9 Å². The number of aliphatic imine (C=N–C) groups is 1. The number of hydrogen-bond donors (Lipinski definition) is 3. The smallest absolute Gasteiger partial charge is 0.191 e. The lowest BCUT2D eigenvalue weighted by atomic mass is 10.0. The van der Waals surface area contributed by atoms with Gasteiger partial charge in [0.05, 0.1) is 19.3 Å². The lowest BCUT2D eigenvalue weighted by Gasteiger charge is -2.20. The molecule has 0 saturated heterocycles. The number of nitrogens with zero attached hydrogens (tertiary/aromatic N) is 3. The van der Waals surface area contributed by atoms with Gasteiger partial charge < -0.3 is 20.5 Å². The van der Waals surface area contributed by atoms with E-state index in [1.54, 1.807) is 17.8 Å². The number of benzene rings is 1. The Hall–Kier alpha value is -1.81. The van der Waals surface area contributed by atoms with Gasteiger partial charge in [0, 0.05) is 31.9 Å². The molecule has 0 radical (unpaired) electrons. The second-order valence-electron chi connectivity index (χ2n) is 7.04. The van der Waals surface area contributed by atoms with Gasteiger partial charge in [-0.15, -0.1) is 24.0 Å². The quantitative estimate of drug-likeness (QED) is 0.258. The molecule has 0 aliphatic carbocycles. The molecule has 29 heavy (non-hydrogen) atoms. The molecule has 7 nitrogen and oxygen atoms in total. The first-order valence-corrected chi connectivity index (χ1v) is 9.90. The summed E-state index contributed by atoms with van der Waals surface area (Å²) >= 11 is 0. The van der Waals surface area contributed by atoms with Crippen molar-refractivity contribution in [3.05, 3.63) is 47.8 Å². The molecule has 1 heterocycles. The van der Waals surface area contributed by atoms with Crippen molar-refractivity contribution in [2.75, 3.05) is 26.2 Å². The van der Waals surface area contributed by atoms with Crippen LogP contribution in [0.25, 0.3) is 0 Å². The predicted molar refractivity (Wildman–Crippen MR) is 128 cm³/mol. The van der Waals surface area contributed by atoms with E-state index in [-0.39, 0.29) is 30.5 Å². The Kier molecular flexibility index (Phi) is 11.0. The maximum absolute atomic E-state index is 10.7. The lowest BCUT2D eigenvalue weighted by Crippen LogP contribution is -2.39. The van der Waals surface area contributed by atoms with Crippen LogP contribution in [0.5, 0.6) is 5.75 Å². The van der Waals surface area contributed by atoms with Crippen molar-refractivity contribution in [3.8, 4) is 5.75 Å². The number of aliphatic hydroxyl groups is 1. The highest BCUT2D eigenvalue weighted by Gasteiger charge is 2.24. The van der Waals surface area contributed by atoms with Crippen LogP contribution in [0.4, 0.5) is 0 Å². The summed E-state index contributed by atoms with van der Waals surface area (Å²) in [5, 5.41) is 21.4. The van der Waals surface area contributed by atoms with Gasteiger partial charge in [-0.2, -0.15) is 5.10 Å². The molecule has 0 aliphatic heterocycles. The minimum atomic E-state index is -1.07. The molecule has 1 aromatic carbocycles. The average Bonchev–Trinajstić information content (AvgIpc) is 3.12. The molecule has 0 spiro atoms. The van der Waals surface area contributed by atoms with Gasteiger partial charge >= 0.3 is 0 Å². The third kappa shape index (κ3) is 8.61. The number of aromatic nitrogens is 2. The Morgan fingerprint density at radius 1 is 1.31 bits per heavy atom. The van der Waals surface area contributed by atoms with E-state index in [1.807, 2.05) is 32.3 Å². The molecule has 8 heteroatoms. The van der Waals surface area contributed by atoms with Crippen LogP contribution < -0.4 is 15.4 Å². The van der Waals surface area contributed by atoms with Crippen molar-refractivity contribution in [2.45, 2.75) is 39.2 Å². The Morgan fingerprint density at radius 2 is 2.10 bits per heavy atom. The highest BCUT2D eigenvalue weighted by Crippen LogP contribution is 2.19. The first-order chi connectivity index (χ1) is 13.4. The number of aryl methyl sites for hydroxylation is 1. The Labute approximate surface area is 191 Å². The fraction of sp³-hybridized carbons (Fsp3) is 0.524. The molecule has 0 bridgehead atoms. The van der Waals surface area contributed by atoms with Crippen LogP contribution in [0.1, 0.15) is 38.3 Å². The van der Waals surface area contributed by atoms with Crippen LogP contribution >= 0.6 is 24.0 Å². The monoisotopic (exact) mass is 515 g/mol. The molecule has 3 N–H and O–H groups in total. The second-order valence-corrected chi connectivity index (χ2v) is 7.04. The summed E-state index contributed by atoms with van der Waals surface area (Å²) < 4.78 is 7.37. The molecular weight excluding hydrogens is 481 g/mol. The van der Waals surface area contributed by atoms with Gasteiger partial charge in [0.15, 0.2) is 5.96 Å². The average molecular weight is 515 g/mol. The normalized spacial score (nSPS) is 13.3. The van der Waals surface area contributed by atoms with Crippen LogP contribution in [-0.4, -0.2) is 47.1 Å². The Bertz CT molecular complexity index is 761. The molecule has 1 unspecified atom stereocenters. The third-order valence-electron chi connectivity index (χ3n) is 4.29. The minimum Gasteiger partial charge on any atom is -0.494 e. The second kappa shape index (κ2) is 12.7. The molecule has 0 fully saturated rings. The zero-order valence-electron chi connectivity index (χ0n) is 17.8. The van der Waals surface area contributed by atoms with Gasteiger partial charge in [-0.05, 0) is 44.4 Å². The highest BCUT2D eigenvalue weighted by molar-refractivity contribution is 14.0. The summed E-state index contributed by atoms with van der Waals surface area (Å²) in [5.41, 5.74) is 0.888. The van der Waals surface area contributed by atoms with E-state index in [2.05, 4.69) is 39.8 Å². The molecule has 0 saturated carbocycles. The summed E-state index contributed by atoms with van der Waals surface area (Å²) in [4.78, 5) is 4.54. The van der Waals surface area contributed by atoms with Crippen molar-refractivity contribution in [1.29, 1.82) is 0 Å². The van der Waals surface area contributed by atoms with Gasteiger partial charge in [0.2, 0.25) is 0 Å². The van der Waals surface area contributed by atoms with Crippen LogP contribution in [0.2, 0.25) is 0 Å². The summed E-state index contributed by atoms with van der Waals surface area (Å²) in [6.07, 6.45) is 5.33. The number of halogens is 1. The topological polar surface area (TPSA) is 83.7 Å². The number of rotatable bonds is 10. The fourth-order valence-corrected chi connectivity index (χ4v) is 2.70. The first-order valence-electron chi connectivity index (χ1n) is 9.90. The third-order valence-corrected chi connectivity index (χ3v) is 4.29. The number of hydrogen-bond acceptors (Lipinski definition) is 4. The molecule has 1 atom stereocenters. The standard InChI is InChI=1S/C21H33N5O2.HI/c1-5-12-28-19-9-7-8-17(13-19)10-11-23-20(22-6-2)24-16-21(3,27)18-14-25-26(4)15-18;/h7-9,13-15,27H,5-6,10-12,16H2,1-4H3,(H2,22,23,24);1H. The lowest BCUT2D eigenvalue weighted by molar-refractivity contribution is 0.0672. The Balaban J connectivity index is 0.00000420. The maximum Gasteiger partial charge on any atom is 0.191 e. The Morgan fingerprint density at radius 3 is 2.76 bits per heavy atom. The van der Waals surface area contributed by atoms with E-state index in [0.29, 0.717) is 5.96 Å². The van der Waals surface area contributed by atoms with E-state index in [4.69, 9.17) is 4.74 Å². The van der Waals surface area contributed by atoms with E-state index < -0.39 is 5.60 Å². The SMILES string of the molecule is CCCOc1cccc(CCNC(=NCC(C)(O)c2cnn(C)c2)NCC)c1.I. The van der Waals surface area contributed by atoms with Crippen molar-refractivity contribution < 1.29 is 9.84 Å². The van der Waals surface area contributed by atoms with Gasteiger partial charge in [-0.25, -0.2) is 4.99 Å². The number of guanidine groups is 1. The van der Waals surface area contributed by atoms with E-state index in [1.165, 1.54) is 5.56 Å². The highest BCUT2D eigenvalue weighted by atomic mass is 127. The molecule has 1 aromatic heterocycles. The van der Waals surface area contributed by atoms with Crippen molar-refractivity contribution in [1.82, 2.24) is 20.4 Å². The number of nitrogens with one attached hydrogen (secondary N) is 2. The van der Waals surface area contributed by atoms with Crippen molar-refractivity contribution in [2.24, 2.45) is 12.0 Å². The molecule has 0 amide bonds. The molecule has 162 valence electrons. The maximum atomic E-state index is 10.7. The largest absolute Gasteiger partial charge is 0.494 e. The summed E-state index contributed by atoms with van der Waals surface area (Å²) in [5.74, 6) is 1.59. The molecule has 2 rings (SSSR count). The minimum absolute atomic E-state index is 0. The van der Waals surface area contributed by atoms with Gasteiger partial charge in [0.1, 0.15) is 11.4 Å². The summed E-state index contributed by atoms with van der Waals surface area (Å²) in [7, 11) is 1.83. The van der Waals surface area contributed by atoms with E-state index >= 15 is 0 Å². The molecule has 0 aliphatic rings. The van der Waals surface area contributed by atoms with Crippen LogP contribution in [0, 0.1) is 0 Å². The van der Waals surface area contributed by atoms with Gasteiger partial charge in [-0.3, -0.25) is 4.68 Å². The van der Waals surface area contributed by atoms with Gasteiger partial charge in [-0.1, -0.05) is 19.1 Å². The van der Waals surface area contributed by atoms with Crippen molar-refractivity contribution in [3.63, 3.8) is 0 Å². The van der Waals surface area contributed by atoms with Crippen LogP contribution in [-0.2, 0) is 19.1 Å². The van der Waals surface area contributed by atoms with E-state index in [9.17, 15) is 5.11 Å². The van der Waals surface area contributed by atoms with Gasteiger partial charge in [0.25, 0.3) is 0 Å².